The monoisotopic (exact) mass is 293 g/mol. The van der Waals surface area contributed by atoms with Crippen LogP contribution in [0.3, 0.4) is 0 Å². The van der Waals surface area contributed by atoms with Gasteiger partial charge in [0.25, 0.3) is 0 Å². The van der Waals surface area contributed by atoms with Crippen LogP contribution in [0.4, 0.5) is 0 Å². The summed E-state index contributed by atoms with van der Waals surface area (Å²) in [5.41, 5.74) is 1.28. The van der Waals surface area contributed by atoms with E-state index >= 15 is 0 Å². The van der Waals surface area contributed by atoms with Crippen molar-refractivity contribution in [3.05, 3.63) is 23.8 Å². The van der Waals surface area contributed by atoms with Crippen LogP contribution in [0.2, 0.25) is 0 Å². The van der Waals surface area contributed by atoms with E-state index in [-0.39, 0.29) is 0 Å². The molecule has 0 aliphatic heterocycles. The highest BCUT2D eigenvalue weighted by Gasteiger charge is 2.19. The fraction of sp³-hybridized carbons (Fsp3) is 0.667. The Balaban J connectivity index is 3.04. The van der Waals surface area contributed by atoms with Crippen LogP contribution in [-0.4, -0.2) is 19.8 Å². The van der Waals surface area contributed by atoms with E-state index in [9.17, 15) is 0 Å². The summed E-state index contributed by atoms with van der Waals surface area (Å²) in [6, 6.07) is 6.69. The van der Waals surface area contributed by atoms with Gasteiger partial charge in [-0.05, 0) is 50.4 Å². The number of hydrogen-bond donors (Lipinski definition) is 1. The third-order valence-corrected chi connectivity index (χ3v) is 3.66. The van der Waals surface area contributed by atoms with Crippen molar-refractivity contribution in [2.45, 2.75) is 53.5 Å². The predicted octanol–water partition coefficient (Wildman–Crippen LogP) is 4.57. The van der Waals surface area contributed by atoms with Crippen LogP contribution in [0.25, 0.3) is 0 Å². The Bertz CT molecular complexity index is 406. The van der Waals surface area contributed by atoms with Crippen LogP contribution >= 0.6 is 0 Å². The van der Waals surface area contributed by atoms with Crippen molar-refractivity contribution in [2.24, 2.45) is 5.92 Å². The Hall–Kier alpha value is -1.22. The fourth-order valence-corrected chi connectivity index (χ4v) is 2.75. The van der Waals surface area contributed by atoms with Gasteiger partial charge in [-0.25, -0.2) is 0 Å². The van der Waals surface area contributed by atoms with E-state index in [0.29, 0.717) is 25.2 Å². The molecule has 0 amide bonds. The molecule has 3 heteroatoms. The number of nitrogens with one attached hydrogen (secondary N) is 1. The Morgan fingerprint density at radius 3 is 2.24 bits per heavy atom. The molecule has 0 bridgehead atoms. The lowest BCUT2D eigenvalue weighted by molar-refractivity contribution is 0.286. The number of hydrogen-bond acceptors (Lipinski definition) is 3. The second kappa shape index (κ2) is 9.67. The van der Waals surface area contributed by atoms with E-state index in [1.165, 1.54) is 18.4 Å². The zero-order valence-corrected chi connectivity index (χ0v) is 14.2. The van der Waals surface area contributed by atoms with E-state index in [2.05, 4.69) is 38.2 Å². The smallest absolute Gasteiger partial charge is 0.161 e. The van der Waals surface area contributed by atoms with Gasteiger partial charge in [0.05, 0.1) is 13.2 Å². The fourth-order valence-electron chi connectivity index (χ4n) is 2.75. The van der Waals surface area contributed by atoms with Crippen LogP contribution in [-0.2, 0) is 0 Å². The third-order valence-electron chi connectivity index (χ3n) is 3.66. The van der Waals surface area contributed by atoms with Gasteiger partial charge in [0.1, 0.15) is 0 Å². The SMILES string of the molecule is CCCC(C)C(NCC)c1ccc(OCC)c(OCC)c1. The number of rotatable bonds is 10. The summed E-state index contributed by atoms with van der Waals surface area (Å²) in [7, 11) is 0. The van der Waals surface area contributed by atoms with Gasteiger partial charge in [0.15, 0.2) is 11.5 Å². The average Bonchev–Trinajstić information content (AvgIpc) is 2.47. The molecule has 1 N–H and O–H groups in total. The summed E-state index contributed by atoms with van der Waals surface area (Å²) in [6.07, 6.45) is 2.42. The van der Waals surface area contributed by atoms with Crippen molar-refractivity contribution in [1.82, 2.24) is 5.32 Å². The largest absolute Gasteiger partial charge is 0.490 e. The molecule has 1 rings (SSSR count). The molecule has 0 heterocycles. The molecule has 120 valence electrons. The molecule has 0 fully saturated rings. The Labute approximate surface area is 130 Å². The van der Waals surface area contributed by atoms with Gasteiger partial charge >= 0.3 is 0 Å². The normalized spacial score (nSPS) is 13.8. The quantitative estimate of drug-likeness (QED) is 0.685. The van der Waals surface area contributed by atoms with Crippen LogP contribution in [0, 0.1) is 5.92 Å². The zero-order valence-electron chi connectivity index (χ0n) is 14.2. The first-order chi connectivity index (χ1) is 10.2. The minimum absolute atomic E-state index is 0.366. The molecule has 0 aliphatic rings. The van der Waals surface area contributed by atoms with E-state index in [1.54, 1.807) is 0 Å². The zero-order chi connectivity index (χ0) is 15.7. The summed E-state index contributed by atoms with van der Waals surface area (Å²) >= 11 is 0. The standard InChI is InChI=1S/C18H31NO2/c1-6-10-14(5)18(19-7-2)15-11-12-16(20-8-3)17(13-15)21-9-4/h11-14,18-19H,6-10H2,1-5H3. The van der Waals surface area contributed by atoms with Gasteiger partial charge < -0.3 is 14.8 Å². The Morgan fingerprint density at radius 2 is 1.67 bits per heavy atom. The van der Waals surface area contributed by atoms with Crippen molar-refractivity contribution in [2.75, 3.05) is 19.8 Å². The summed E-state index contributed by atoms with van der Waals surface area (Å²) in [4.78, 5) is 0. The van der Waals surface area contributed by atoms with Gasteiger partial charge in [-0.3, -0.25) is 0 Å². The maximum atomic E-state index is 5.75. The molecule has 1 aromatic carbocycles. The molecule has 0 saturated heterocycles. The molecule has 0 saturated carbocycles. The predicted molar refractivity (Wildman–Crippen MR) is 89.3 cm³/mol. The topological polar surface area (TPSA) is 30.5 Å². The molecule has 2 unspecified atom stereocenters. The summed E-state index contributed by atoms with van der Waals surface area (Å²) in [5.74, 6) is 2.28. The van der Waals surface area contributed by atoms with E-state index in [0.717, 1.165) is 18.0 Å². The van der Waals surface area contributed by atoms with Crippen LogP contribution in [0.5, 0.6) is 11.5 Å². The second-order valence-electron chi connectivity index (χ2n) is 5.37. The highest BCUT2D eigenvalue weighted by molar-refractivity contribution is 5.44. The first-order valence-corrected chi connectivity index (χ1v) is 8.30. The van der Waals surface area contributed by atoms with Gasteiger partial charge in [0.2, 0.25) is 0 Å². The maximum absolute atomic E-state index is 5.75. The van der Waals surface area contributed by atoms with Crippen LogP contribution in [0.15, 0.2) is 18.2 Å². The molecule has 0 radical (unpaired) electrons. The van der Waals surface area contributed by atoms with Crippen molar-refractivity contribution in [3.8, 4) is 11.5 Å². The van der Waals surface area contributed by atoms with Gasteiger partial charge in [0, 0.05) is 6.04 Å². The van der Waals surface area contributed by atoms with Crippen LogP contribution in [0.1, 0.15) is 59.1 Å². The lowest BCUT2D eigenvalue weighted by atomic mass is 9.90. The minimum atomic E-state index is 0.366. The first kappa shape index (κ1) is 17.8. The highest BCUT2D eigenvalue weighted by Crippen LogP contribution is 2.34. The molecular weight excluding hydrogens is 262 g/mol. The molecule has 3 nitrogen and oxygen atoms in total. The van der Waals surface area contributed by atoms with Crippen molar-refractivity contribution in [1.29, 1.82) is 0 Å². The highest BCUT2D eigenvalue weighted by atomic mass is 16.5. The van der Waals surface area contributed by atoms with Crippen LogP contribution < -0.4 is 14.8 Å². The molecule has 2 atom stereocenters. The van der Waals surface area contributed by atoms with E-state index in [4.69, 9.17) is 9.47 Å². The molecule has 0 spiro atoms. The van der Waals surface area contributed by atoms with Crippen molar-refractivity contribution >= 4 is 0 Å². The molecule has 1 aromatic rings. The van der Waals surface area contributed by atoms with Gasteiger partial charge in [-0.2, -0.15) is 0 Å². The van der Waals surface area contributed by atoms with Gasteiger partial charge in [-0.1, -0.05) is 33.3 Å². The molecule has 21 heavy (non-hydrogen) atoms. The summed E-state index contributed by atoms with van der Waals surface area (Å²) in [5, 5.41) is 3.61. The number of ether oxygens (including phenoxy) is 2. The second-order valence-corrected chi connectivity index (χ2v) is 5.37. The summed E-state index contributed by atoms with van der Waals surface area (Å²) in [6.45, 7) is 13.0. The van der Waals surface area contributed by atoms with Gasteiger partial charge in [-0.15, -0.1) is 0 Å². The Morgan fingerprint density at radius 1 is 1.00 bits per heavy atom. The lowest BCUT2D eigenvalue weighted by Gasteiger charge is -2.26. The van der Waals surface area contributed by atoms with E-state index in [1.807, 2.05) is 19.9 Å². The Kier molecular flexibility index (Phi) is 8.21. The molecular formula is C18H31NO2. The summed E-state index contributed by atoms with van der Waals surface area (Å²) < 4.78 is 11.4. The third kappa shape index (κ3) is 5.24. The maximum Gasteiger partial charge on any atom is 0.161 e. The van der Waals surface area contributed by atoms with Crippen molar-refractivity contribution in [3.63, 3.8) is 0 Å². The first-order valence-electron chi connectivity index (χ1n) is 8.30. The van der Waals surface area contributed by atoms with Crippen molar-refractivity contribution < 1.29 is 9.47 Å². The molecule has 0 aliphatic carbocycles. The minimum Gasteiger partial charge on any atom is -0.490 e. The van der Waals surface area contributed by atoms with E-state index < -0.39 is 0 Å². The molecule has 0 aromatic heterocycles. The lowest BCUT2D eigenvalue weighted by Crippen LogP contribution is -2.26. The average molecular weight is 293 g/mol. The number of benzene rings is 1.